The van der Waals surface area contributed by atoms with Gasteiger partial charge in [-0.3, -0.25) is 9.59 Å². The Morgan fingerprint density at radius 3 is 2.47 bits per heavy atom. The minimum atomic E-state index is -0.452. The van der Waals surface area contributed by atoms with Gasteiger partial charge in [-0.05, 0) is 6.92 Å². The monoisotopic (exact) mass is 243 g/mol. The molecule has 1 heterocycles. The van der Waals surface area contributed by atoms with Crippen LogP contribution < -0.4 is 5.32 Å². The van der Waals surface area contributed by atoms with Crippen LogP contribution in [0.3, 0.4) is 0 Å². The van der Waals surface area contributed by atoms with E-state index in [2.05, 4.69) is 10.1 Å². The van der Waals surface area contributed by atoms with Crippen molar-refractivity contribution < 1.29 is 19.1 Å². The van der Waals surface area contributed by atoms with Crippen LogP contribution >= 0.6 is 0 Å². The van der Waals surface area contributed by atoms with Crippen LogP contribution in [0.15, 0.2) is 0 Å². The second-order valence-electron chi connectivity index (χ2n) is 3.59. The fourth-order valence-corrected chi connectivity index (χ4v) is 1.50. The molecule has 1 aliphatic heterocycles. The maximum atomic E-state index is 11.6. The van der Waals surface area contributed by atoms with E-state index in [1.807, 2.05) is 0 Å². The third-order valence-electron chi connectivity index (χ3n) is 2.44. The van der Waals surface area contributed by atoms with Crippen molar-refractivity contribution in [2.45, 2.75) is 6.92 Å². The topological polar surface area (TPSA) is 79.0 Å². The summed E-state index contributed by atoms with van der Waals surface area (Å²) in [5, 5.41) is 2.48. The molecule has 0 unspecified atom stereocenters. The summed E-state index contributed by atoms with van der Waals surface area (Å²) >= 11 is 0. The van der Waals surface area contributed by atoms with Crippen molar-refractivity contribution in [1.82, 2.24) is 15.1 Å². The van der Waals surface area contributed by atoms with Gasteiger partial charge in [0.15, 0.2) is 0 Å². The molecule has 96 valence electrons. The molecule has 0 atom stereocenters. The number of carbonyl (C=O) groups excluding carboxylic acids is 3. The molecule has 0 aliphatic carbocycles. The first-order valence-corrected chi connectivity index (χ1v) is 5.55. The molecular weight excluding hydrogens is 226 g/mol. The van der Waals surface area contributed by atoms with E-state index in [-0.39, 0.29) is 12.6 Å². The van der Waals surface area contributed by atoms with Crippen molar-refractivity contribution in [3.63, 3.8) is 0 Å². The summed E-state index contributed by atoms with van der Waals surface area (Å²) in [5.41, 5.74) is 0. The highest BCUT2D eigenvalue weighted by atomic mass is 16.5. The number of piperazine rings is 1. The van der Waals surface area contributed by atoms with Crippen LogP contribution in [0.5, 0.6) is 0 Å². The van der Waals surface area contributed by atoms with Crippen LogP contribution in [0.1, 0.15) is 6.92 Å². The Kier molecular flexibility index (Phi) is 5.25. The number of hydrogen-bond acceptors (Lipinski definition) is 4. The predicted octanol–water partition coefficient (Wildman–Crippen LogP) is -0.967. The molecule has 1 rings (SSSR count). The van der Waals surface area contributed by atoms with Crippen LogP contribution in [0, 0.1) is 0 Å². The largest absolute Gasteiger partial charge is 0.465 e. The van der Waals surface area contributed by atoms with Gasteiger partial charge in [-0.25, -0.2) is 4.79 Å². The molecule has 7 nitrogen and oxygen atoms in total. The van der Waals surface area contributed by atoms with Crippen LogP contribution in [0.4, 0.5) is 4.79 Å². The molecule has 1 fully saturated rings. The maximum Gasteiger partial charge on any atom is 0.325 e. The number of amides is 3. The summed E-state index contributed by atoms with van der Waals surface area (Å²) in [6.07, 6.45) is 0.772. The van der Waals surface area contributed by atoms with Crippen LogP contribution in [-0.4, -0.2) is 67.5 Å². The highest BCUT2D eigenvalue weighted by Crippen LogP contribution is 1.99. The average Bonchev–Trinajstić information content (AvgIpc) is 2.36. The Bertz CT molecular complexity index is 287. The zero-order valence-electron chi connectivity index (χ0n) is 9.85. The number of ether oxygens (including phenoxy) is 1. The van der Waals surface area contributed by atoms with E-state index >= 15 is 0 Å². The Balaban J connectivity index is 2.24. The van der Waals surface area contributed by atoms with E-state index in [4.69, 9.17) is 0 Å². The molecule has 0 saturated carbocycles. The van der Waals surface area contributed by atoms with Gasteiger partial charge in [-0.15, -0.1) is 0 Å². The molecule has 17 heavy (non-hydrogen) atoms. The van der Waals surface area contributed by atoms with Gasteiger partial charge in [0.1, 0.15) is 6.54 Å². The summed E-state index contributed by atoms with van der Waals surface area (Å²) in [6, 6.07) is -0.302. The van der Waals surface area contributed by atoms with Crippen LogP contribution in [-0.2, 0) is 14.3 Å². The molecule has 0 aromatic rings. The first-order valence-electron chi connectivity index (χ1n) is 5.55. The van der Waals surface area contributed by atoms with Crippen LogP contribution in [0.25, 0.3) is 0 Å². The maximum absolute atomic E-state index is 11.6. The van der Waals surface area contributed by atoms with Crippen molar-refractivity contribution in [1.29, 1.82) is 0 Å². The van der Waals surface area contributed by atoms with E-state index in [1.165, 1.54) is 0 Å². The molecule has 3 amide bonds. The van der Waals surface area contributed by atoms with Crippen molar-refractivity contribution in [3.05, 3.63) is 0 Å². The quantitative estimate of drug-likeness (QED) is 0.509. The third-order valence-corrected chi connectivity index (χ3v) is 2.44. The SMILES string of the molecule is CCOC(=O)CNC(=O)N1CCN(C=O)CC1. The van der Waals surface area contributed by atoms with Gasteiger partial charge in [0, 0.05) is 26.2 Å². The number of urea groups is 1. The van der Waals surface area contributed by atoms with Gasteiger partial charge in [-0.1, -0.05) is 0 Å². The van der Waals surface area contributed by atoms with Gasteiger partial charge in [0.25, 0.3) is 0 Å². The highest BCUT2D eigenvalue weighted by Gasteiger charge is 2.20. The fraction of sp³-hybridized carbons (Fsp3) is 0.700. The number of rotatable bonds is 4. The second kappa shape index (κ2) is 6.72. The Morgan fingerprint density at radius 2 is 1.94 bits per heavy atom. The Labute approximate surface area is 99.7 Å². The molecule has 0 spiro atoms. The smallest absolute Gasteiger partial charge is 0.325 e. The van der Waals surface area contributed by atoms with Crippen molar-refractivity contribution >= 4 is 18.4 Å². The first-order chi connectivity index (χ1) is 8.17. The van der Waals surface area contributed by atoms with Gasteiger partial charge in [0.05, 0.1) is 6.61 Å². The van der Waals surface area contributed by atoms with E-state index < -0.39 is 5.97 Å². The Morgan fingerprint density at radius 1 is 1.29 bits per heavy atom. The zero-order chi connectivity index (χ0) is 12.7. The molecule has 7 heteroatoms. The fourth-order valence-electron chi connectivity index (χ4n) is 1.50. The molecule has 1 aliphatic rings. The minimum absolute atomic E-state index is 0.124. The average molecular weight is 243 g/mol. The van der Waals surface area contributed by atoms with E-state index in [9.17, 15) is 14.4 Å². The molecule has 0 bridgehead atoms. The van der Waals surface area contributed by atoms with Crippen molar-refractivity contribution in [2.75, 3.05) is 39.3 Å². The lowest BCUT2D eigenvalue weighted by Gasteiger charge is -2.32. The van der Waals surface area contributed by atoms with Crippen LogP contribution in [0.2, 0.25) is 0 Å². The summed E-state index contributed by atoms with van der Waals surface area (Å²) in [7, 11) is 0. The van der Waals surface area contributed by atoms with E-state index in [1.54, 1.807) is 16.7 Å². The molecule has 0 aromatic heterocycles. The Hall–Kier alpha value is -1.79. The summed E-state index contributed by atoms with van der Waals surface area (Å²) in [4.78, 5) is 36.3. The number of esters is 1. The third kappa shape index (κ3) is 4.29. The molecule has 0 aromatic carbocycles. The summed E-state index contributed by atoms with van der Waals surface area (Å²) in [6.45, 7) is 3.89. The number of carbonyl (C=O) groups is 3. The van der Waals surface area contributed by atoms with Crippen molar-refractivity contribution in [3.8, 4) is 0 Å². The molecule has 1 N–H and O–H groups in total. The lowest BCUT2D eigenvalue weighted by atomic mass is 10.3. The summed E-state index contributed by atoms with van der Waals surface area (Å²) in [5.74, 6) is -0.452. The molecule has 0 radical (unpaired) electrons. The van der Waals surface area contributed by atoms with Crippen molar-refractivity contribution in [2.24, 2.45) is 0 Å². The minimum Gasteiger partial charge on any atom is -0.465 e. The predicted molar refractivity (Wildman–Crippen MR) is 59.2 cm³/mol. The van der Waals surface area contributed by atoms with Gasteiger partial charge < -0.3 is 19.9 Å². The highest BCUT2D eigenvalue weighted by molar-refractivity contribution is 5.80. The lowest BCUT2D eigenvalue weighted by molar-refractivity contribution is -0.141. The standard InChI is InChI=1S/C10H17N3O4/c1-2-17-9(15)7-11-10(16)13-5-3-12(8-14)4-6-13/h8H,2-7H2,1H3,(H,11,16). The van der Waals surface area contributed by atoms with Gasteiger partial charge >= 0.3 is 12.0 Å². The zero-order valence-corrected chi connectivity index (χ0v) is 9.85. The first kappa shape index (κ1) is 13.3. The normalized spacial score (nSPS) is 15.4. The second-order valence-corrected chi connectivity index (χ2v) is 3.59. The number of nitrogens with one attached hydrogen (secondary N) is 1. The van der Waals surface area contributed by atoms with Gasteiger partial charge in [0.2, 0.25) is 6.41 Å². The van der Waals surface area contributed by atoms with E-state index in [0.717, 1.165) is 6.41 Å². The lowest BCUT2D eigenvalue weighted by Crippen LogP contribution is -2.52. The number of nitrogens with zero attached hydrogens (tertiary/aromatic N) is 2. The summed E-state index contributed by atoms with van der Waals surface area (Å²) < 4.78 is 4.69. The number of hydrogen-bond donors (Lipinski definition) is 1. The molecule has 1 saturated heterocycles. The molecular formula is C10H17N3O4. The van der Waals surface area contributed by atoms with E-state index in [0.29, 0.717) is 32.8 Å². The van der Waals surface area contributed by atoms with Gasteiger partial charge in [-0.2, -0.15) is 0 Å².